The lowest BCUT2D eigenvalue weighted by Crippen LogP contribution is -1.98. The molecular formula is C21H15ClF2N2O. The molecule has 2 aromatic carbocycles. The van der Waals surface area contributed by atoms with Crippen LogP contribution in [0.2, 0.25) is 5.02 Å². The molecule has 0 radical (unpaired) electrons. The Morgan fingerprint density at radius 3 is 2.56 bits per heavy atom. The van der Waals surface area contributed by atoms with Gasteiger partial charge in [-0.1, -0.05) is 23.7 Å². The molecular weight excluding hydrogens is 370 g/mol. The van der Waals surface area contributed by atoms with Crippen LogP contribution in [-0.2, 0) is 6.61 Å². The maximum absolute atomic E-state index is 14.5. The van der Waals surface area contributed by atoms with E-state index in [9.17, 15) is 13.9 Å². The molecule has 0 saturated heterocycles. The van der Waals surface area contributed by atoms with E-state index in [1.165, 1.54) is 6.07 Å². The number of fused-ring (bicyclic) bond motifs is 1. The van der Waals surface area contributed by atoms with Gasteiger partial charge in [-0.3, -0.25) is 0 Å². The predicted octanol–water partition coefficient (Wildman–Crippen LogP) is 5.40. The van der Waals surface area contributed by atoms with Crippen molar-refractivity contribution in [1.29, 1.82) is 0 Å². The second-order valence-electron chi connectivity index (χ2n) is 6.32. The van der Waals surface area contributed by atoms with Gasteiger partial charge in [-0.15, -0.1) is 0 Å². The molecule has 0 unspecified atom stereocenters. The van der Waals surface area contributed by atoms with E-state index in [1.54, 1.807) is 22.7 Å². The van der Waals surface area contributed by atoms with Crippen LogP contribution in [-0.4, -0.2) is 14.5 Å². The minimum absolute atomic E-state index is 0.219. The summed E-state index contributed by atoms with van der Waals surface area (Å²) in [5.74, 6) is -1.52. The van der Waals surface area contributed by atoms with Crippen molar-refractivity contribution in [2.75, 3.05) is 0 Å². The molecule has 4 rings (SSSR count). The third kappa shape index (κ3) is 3.09. The maximum Gasteiger partial charge on any atom is 0.139 e. The molecule has 0 aliphatic heterocycles. The minimum Gasteiger partial charge on any atom is -0.391 e. The van der Waals surface area contributed by atoms with Gasteiger partial charge in [0, 0.05) is 39.7 Å². The van der Waals surface area contributed by atoms with Gasteiger partial charge in [0.1, 0.15) is 17.3 Å². The first-order valence-electron chi connectivity index (χ1n) is 8.31. The van der Waals surface area contributed by atoms with Gasteiger partial charge in [0.2, 0.25) is 0 Å². The van der Waals surface area contributed by atoms with Crippen LogP contribution in [0.4, 0.5) is 8.78 Å². The van der Waals surface area contributed by atoms with Gasteiger partial charge in [0.05, 0.1) is 12.3 Å². The third-order valence-electron chi connectivity index (χ3n) is 4.57. The molecule has 2 aromatic heterocycles. The second kappa shape index (κ2) is 6.76. The van der Waals surface area contributed by atoms with Gasteiger partial charge in [-0.2, -0.15) is 0 Å². The van der Waals surface area contributed by atoms with Crippen molar-refractivity contribution in [2.24, 2.45) is 0 Å². The van der Waals surface area contributed by atoms with E-state index in [-0.39, 0.29) is 11.1 Å². The number of aliphatic hydroxyl groups is 1. The van der Waals surface area contributed by atoms with Crippen molar-refractivity contribution in [3.05, 3.63) is 82.6 Å². The van der Waals surface area contributed by atoms with E-state index in [4.69, 9.17) is 11.6 Å². The number of rotatable bonds is 3. The maximum atomic E-state index is 14.5. The van der Waals surface area contributed by atoms with Crippen LogP contribution < -0.4 is 0 Å². The van der Waals surface area contributed by atoms with Crippen LogP contribution >= 0.6 is 11.6 Å². The van der Waals surface area contributed by atoms with Crippen LogP contribution in [0.25, 0.3) is 28.0 Å². The number of hydrogen-bond acceptors (Lipinski definition) is 2. The number of imidazole rings is 1. The molecule has 0 bridgehead atoms. The van der Waals surface area contributed by atoms with E-state index >= 15 is 0 Å². The topological polar surface area (TPSA) is 37.5 Å². The molecule has 0 spiro atoms. The highest BCUT2D eigenvalue weighted by Crippen LogP contribution is 2.29. The monoisotopic (exact) mass is 384 g/mol. The van der Waals surface area contributed by atoms with E-state index in [1.807, 2.05) is 31.3 Å². The number of nitrogens with zero attached hydrogens (tertiary/aromatic N) is 2. The number of hydrogen-bond donors (Lipinski definition) is 1. The Kier molecular flexibility index (Phi) is 4.42. The van der Waals surface area contributed by atoms with Gasteiger partial charge < -0.3 is 9.51 Å². The summed E-state index contributed by atoms with van der Waals surface area (Å²) >= 11 is 6.20. The highest BCUT2D eigenvalue weighted by molar-refractivity contribution is 6.31. The summed E-state index contributed by atoms with van der Waals surface area (Å²) in [4.78, 5) is 4.57. The standard InChI is InChI=1S/C21H15ClF2N2O/c1-12-2-3-13(8-17(12)22)19-10-26-9-14(4-7-20(26)25-19)15-5-6-18(23)16(11-27)21(15)24/h2-10,27H,11H2,1H3. The number of benzene rings is 2. The first-order valence-corrected chi connectivity index (χ1v) is 8.69. The molecule has 0 aliphatic carbocycles. The van der Waals surface area contributed by atoms with Gasteiger partial charge >= 0.3 is 0 Å². The van der Waals surface area contributed by atoms with Crippen LogP contribution in [0.3, 0.4) is 0 Å². The molecule has 1 N–H and O–H groups in total. The van der Waals surface area contributed by atoms with Gasteiger partial charge in [-0.25, -0.2) is 13.8 Å². The van der Waals surface area contributed by atoms with Crippen molar-refractivity contribution in [3.63, 3.8) is 0 Å². The summed E-state index contributed by atoms with van der Waals surface area (Å²) in [5, 5.41) is 9.87. The zero-order valence-electron chi connectivity index (χ0n) is 14.4. The van der Waals surface area contributed by atoms with E-state index in [0.29, 0.717) is 16.2 Å². The Morgan fingerprint density at radius 2 is 1.81 bits per heavy atom. The smallest absolute Gasteiger partial charge is 0.139 e. The van der Waals surface area contributed by atoms with Crippen molar-refractivity contribution in [3.8, 4) is 22.4 Å². The average molecular weight is 385 g/mol. The lowest BCUT2D eigenvalue weighted by atomic mass is 10.0. The third-order valence-corrected chi connectivity index (χ3v) is 4.98. The highest BCUT2D eigenvalue weighted by Gasteiger charge is 2.15. The summed E-state index contributed by atoms with van der Waals surface area (Å²) in [7, 11) is 0. The van der Waals surface area contributed by atoms with Crippen LogP contribution in [0.1, 0.15) is 11.1 Å². The van der Waals surface area contributed by atoms with Gasteiger partial charge in [0.25, 0.3) is 0 Å². The summed E-state index contributed by atoms with van der Waals surface area (Å²) in [6.07, 6.45) is 3.55. The quantitative estimate of drug-likeness (QED) is 0.513. The molecule has 0 aliphatic rings. The first kappa shape index (κ1) is 17.6. The van der Waals surface area contributed by atoms with Crippen molar-refractivity contribution >= 4 is 17.2 Å². The predicted molar refractivity (Wildman–Crippen MR) is 102 cm³/mol. The van der Waals surface area contributed by atoms with Gasteiger partial charge in [-0.05, 0) is 42.8 Å². The molecule has 0 saturated carbocycles. The molecule has 4 aromatic rings. The number of aryl methyl sites for hydroxylation is 1. The van der Waals surface area contributed by atoms with E-state index < -0.39 is 18.2 Å². The van der Waals surface area contributed by atoms with Crippen LogP contribution in [0.15, 0.2) is 54.9 Å². The lowest BCUT2D eigenvalue weighted by Gasteiger charge is -2.08. The van der Waals surface area contributed by atoms with E-state index in [2.05, 4.69) is 4.98 Å². The highest BCUT2D eigenvalue weighted by atomic mass is 35.5. The Bertz CT molecular complexity index is 1170. The summed E-state index contributed by atoms with van der Waals surface area (Å²) < 4.78 is 29.9. The van der Waals surface area contributed by atoms with Gasteiger partial charge in [0.15, 0.2) is 0 Å². The lowest BCUT2D eigenvalue weighted by molar-refractivity contribution is 0.269. The molecule has 0 atom stereocenters. The number of halogens is 3. The summed E-state index contributed by atoms with van der Waals surface area (Å²) in [5.41, 5.74) is 3.73. The molecule has 3 nitrogen and oxygen atoms in total. The largest absolute Gasteiger partial charge is 0.391 e. The molecule has 0 fully saturated rings. The normalized spacial score (nSPS) is 11.3. The van der Waals surface area contributed by atoms with Crippen molar-refractivity contribution < 1.29 is 13.9 Å². The number of aromatic nitrogens is 2. The van der Waals surface area contributed by atoms with Crippen LogP contribution in [0.5, 0.6) is 0 Å². The Morgan fingerprint density at radius 1 is 1.04 bits per heavy atom. The molecule has 27 heavy (non-hydrogen) atoms. The molecule has 6 heteroatoms. The molecule has 0 amide bonds. The number of aliphatic hydroxyl groups excluding tert-OH is 1. The zero-order valence-corrected chi connectivity index (χ0v) is 15.1. The van der Waals surface area contributed by atoms with Crippen molar-refractivity contribution in [2.45, 2.75) is 13.5 Å². The fourth-order valence-corrected chi connectivity index (χ4v) is 3.19. The van der Waals surface area contributed by atoms with Crippen LogP contribution in [0, 0.1) is 18.6 Å². The zero-order chi connectivity index (χ0) is 19.1. The average Bonchev–Trinajstić information content (AvgIpc) is 3.07. The summed E-state index contributed by atoms with van der Waals surface area (Å²) in [6, 6.07) is 11.7. The fourth-order valence-electron chi connectivity index (χ4n) is 3.01. The Labute approximate surface area is 159 Å². The molecule has 2 heterocycles. The second-order valence-corrected chi connectivity index (χ2v) is 6.73. The molecule has 136 valence electrons. The minimum atomic E-state index is -0.763. The SMILES string of the molecule is Cc1ccc(-c2cn3cc(-c4ccc(F)c(CO)c4F)ccc3n2)cc1Cl. The Hall–Kier alpha value is -2.76. The van der Waals surface area contributed by atoms with Crippen molar-refractivity contribution in [1.82, 2.24) is 9.38 Å². The fraction of sp³-hybridized carbons (Fsp3) is 0.0952. The summed E-state index contributed by atoms with van der Waals surface area (Å²) in [6.45, 7) is 1.23. The Balaban J connectivity index is 1.81. The van der Waals surface area contributed by atoms with E-state index in [0.717, 1.165) is 22.9 Å². The number of pyridine rings is 1. The first-order chi connectivity index (χ1) is 13.0.